The first-order valence-corrected chi connectivity index (χ1v) is 10.3. The molecule has 0 aliphatic carbocycles. The van der Waals surface area contributed by atoms with E-state index in [4.69, 9.17) is 0 Å². The highest BCUT2D eigenvalue weighted by atomic mass is 16.2. The number of hydrogen-bond donors (Lipinski definition) is 2. The molecule has 2 aromatic rings. The first-order valence-electron chi connectivity index (χ1n) is 10.3. The first kappa shape index (κ1) is 22.6. The lowest BCUT2D eigenvalue weighted by Gasteiger charge is -2.19. The van der Waals surface area contributed by atoms with E-state index in [1.54, 1.807) is 0 Å². The highest BCUT2D eigenvalue weighted by molar-refractivity contribution is 5.79. The number of nitrogens with zero attached hydrogens (tertiary/aromatic N) is 1. The molecule has 1 atom stereocenters. The molecule has 0 aromatic heterocycles. The number of carbonyl (C=O) groups excluding carboxylic acids is 2. The minimum absolute atomic E-state index is 0.0865. The summed E-state index contributed by atoms with van der Waals surface area (Å²) in [5, 5.41) is 5.84. The minimum Gasteiger partial charge on any atom is -0.352 e. The molecule has 0 radical (unpaired) electrons. The van der Waals surface area contributed by atoms with Crippen molar-refractivity contribution in [1.29, 1.82) is 0 Å². The summed E-state index contributed by atoms with van der Waals surface area (Å²) in [7, 11) is 0. The van der Waals surface area contributed by atoms with Gasteiger partial charge in [-0.2, -0.15) is 0 Å². The fourth-order valence-corrected chi connectivity index (χ4v) is 3.22. The normalized spacial score (nSPS) is 11.9. The van der Waals surface area contributed by atoms with E-state index in [-0.39, 0.29) is 24.3 Å². The zero-order chi connectivity index (χ0) is 21.2. The number of amides is 2. The molecule has 0 heterocycles. The quantitative estimate of drug-likeness (QED) is 0.644. The Labute approximate surface area is 174 Å². The molecule has 0 spiro atoms. The number of nitrogens with one attached hydrogen (secondary N) is 2. The molecule has 0 fully saturated rings. The van der Waals surface area contributed by atoms with Gasteiger partial charge in [-0.25, -0.2) is 0 Å². The van der Waals surface area contributed by atoms with Crippen LogP contribution >= 0.6 is 0 Å². The van der Waals surface area contributed by atoms with Gasteiger partial charge in [0, 0.05) is 20.0 Å². The maximum atomic E-state index is 12.5. The summed E-state index contributed by atoms with van der Waals surface area (Å²) >= 11 is 0. The zero-order valence-corrected chi connectivity index (χ0v) is 18.0. The molecule has 0 aliphatic heterocycles. The highest BCUT2D eigenvalue weighted by Gasteiger charge is 2.17. The molecule has 0 bridgehead atoms. The molecule has 0 saturated heterocycles. The van der Waals surface area contributed by atoms with Crippen molar-refractivity contribution in [3.8, 4) is 0 Å². The second-order valence-corrected chi connectivity index (χ2v) is 7.42. The lowest BCUT2D eigenvalue weighted by atomic mass is 10.0. The van der Waals surface area contributed by atoms with Crippen LogP contribution in [0.15, 0.2) is 48.5 Å². The van der Waals surface area contributed by atoms with Crippen molar-refractivity contribution in [1.82, 2.24) is 15.5 Å². The molecule has 5 heteroatoms. The van der Waals surface area contributed by atoms with Gasteiger partial charge in [-0.3, -0.25) is 14.5 Å². The Morgan fingerprint density at radius 1 is 0.931 bits per heavy atom. The molecular formula is C24H33N3O2. The molecule has 0 saturated carbocycles. The Bertz CT molecular complexity index is 781. The third kappa shape index (κ3) is 7.70. The molecule has 5 nitrogen and oxygen atoms in total. The van der Waals surface area contributed by atoms with E-state index in [1.165, 1.54) is 12.5 Å². The van der Waals surface area contributed by atoms with E-state index in [1.807, 2.05) is 31.2 Å². The summed E-state index contributed by atoms with van der Waals surface area (Å²) in [6.45, 7) is 11.3. The maximum absolute atomic E-state index is 12.5. The van der Waals surface area contributed by atoms with Crippen LogP contribution in [0.5, 0.6) is 0 Å². The lowest BCUT2D eigenvalue weighted by molar-refractivity contribution is -0.122. The standard InChI is InChI=1S/C24H33N3O2/c1-5-27(6-2)17-21-11-9-20(10-12-21)16-25-24(29)15-23(26-19(4)28)22-13-7-18(3)8-14-22/h7-14,23H,5-6,15-17H2,1-4H3,(H,25,29)(H,26,28). The molecule has 2 N–H and O–H groups in total. The lowest BCUT2D eigenvalue weighted by Crippen LogP contribution is -2.32. The van der Waals surface area contributed by atoms with Crippen LogP contribution in [0.25, 0.3) is 0 Å². The Kier molecular flexibility index (Phi) is 8.87. The van der Waals surface area contributed by atoms with Crippen LogP contribution < -0.4 is 10.6 Å². The first-order chi connectivity index (χ1) is 13.9. The van der Waals surface area contributed by atoms with Gasteiger partial charge in [-0.1, -0.05) is 67.9 Å². The molecule has 2 amide bonds. The van der Waals surface area contributed by atoms with Gasteiger partial charge in [0.1, 0.15) is 0 Å². The van der Waals surface area contributed by atoms with Gasteiger partial charge < -0.3 is 10.6 Å². The van der Waals surface area contributed by atoms with Gasteiger partial charge in [0.05, 0.1) is 12.5 Å². The summed E-state index contributed by atoms with van der Waals surface area (Å²) in [5.41, 5.74) is 4.41. The van der Waals surface area contributed by atoms with E-state index in [0.29, 0.717) is 6.54 Å². The average molecular weight is 396 g/mol. The van der Waals surface area contributed by atoms with Gasteiger partial charge in [0.15, 0.2) is 0 Å². The number of aryl methyl sites for hydroxylation is 1. The summed E-state index contributed by atoms with van der Waals surface area (Å²) in [4.78, 5) is 26.4. The van der Waals surface area contributed by atoms with E-state index < -0.39 is 0 Å². The fraction of sp³-hybridized carbons (Fsp3) is 0.417. The minimum atomic E-state index is -0.329. The fourth-order valence-electron chi connectivity index (χ4n) is 3.22. The molecule has 156 valence electrons. The molecule has 2 rings (SSSR count). The maximum Gasteiger partial charge on any atom is 0.222 e. The van der Waals surface area contributed by atoms with E-state index in [2.05, 4.69) is 53.6 Å². The van der Waals surface area contributed by atoms with Gasteiger partial charge >= 0.3 is 0 Å². The second kappa shape index (κ2) is 11.4. The van der Waals surface area contributed by atoms with Gasteiger partial charge in [0.25, 0.3) is 0 Å². The SMILES string of the molecule is CCN(CC)Cc1ccc(CNC(=O)CC(NC(C)=O)c2ccc(C)cc2)cc1. The van der Waals surface area contributed by atoms with Crippen LogP contribution in [0.3, 0.4) is 0 Å². The van der Waals surface area contributed by atoms with Crippen molar-refractivity contribution >= 4 is 11.8 Å². The van der Waals surface area contributed by atoms with Crippen LogP contribution in [0, 0.1) is 6.92 Å². The van der Waals surface area contributed by atoms with Crippen molar-refractivity contribution in [2.24, 2.45) is 0 Å². The van der Waals surface area contributed by atoms with Crippen molar-refractivity contribution < 1.29 is 9.59 Å². The number of rotatable bonds is 10. The molecule has 1 unspecified atom stereocenters. The van der Waals surface area contributed by atoms with Crippen molar-refractivity contribution in [2.45, 2.75) is 53.2 Å². The van der Waals surface area contributed by atoms with Gasteiger partial charge in [-0.05, 0) is 36.7 Å². The number of carbonyl (C=O) groups is 2. The summed E-state index contributed by atoms with van der Waals surface area (Å²) < 4.78 is 0. The zero-order valence-electron chi connectivity index (χ0n) is 18.0. The second-order valence-electron chi connectivity index (χ2n) is 7.42. The highest BCUT2D eigenvalue weighted by Crippen LogP contribution is 2.18. The van der Waals surface area contributed by atoms with Crippen LogP contribution in [0.2, 0.25) is 0 Å². The summed E-state index contributed by atoms with van der Waals surface area (Å²) in [5.74, 6) is -0.233. The third-order valence-corrected chi connectivity index (χ3v) is 5.06. The van der Waals surface area contributed by atoms with Crippen molar-refractivity contribution in [3.63, 3.8) is 0 Å². The predicted molar refractivity (Wildman–Crippen MR) is 117 cm³/mol. The smallest absolute Gasteiger partial charge is 0.222 e. The summed E-state index contributed by atoms with van der Waals surface area (Å²) in [6.07, 6.45) is 0.211. The van der Waals surface area contributed by atoms with E-state index in [9.17, 15) is 9.59 Å². The monoisotopic (exact) mass is 395 g/mol. The topological polar surface area (TPSA) is 61.4 Å². The Morgan fingerprint density at radius 2 is 1.52 bits per heavy atom. The Morgan fingerprint density at radius 3 is 2.07 bits per heavy atom. The summed E-state index contributed by atoms with van der Waals surface area (Å²) in [6, 6.07) is 15.9. The average Bonchev–Trinajstić information content (AvgIpc) is 2.71. The van der Waals surface area contributed by atoms with Crippen LogP contribution in [0.1, 0.15) is 55.5 Å². The molecule has 2 aromatic carbocycles. The Hall–Kier alpha value is -2.66. The molecule has 29 heavy (non-hydrogen) atoms. The van der Waals surface area contributed by atoms with E-state index in [0.717, 1.165) is 36.3 Å². The van der Waals surface area contributed by atoms with Crippen LogP contribution in [-0.4, -0.2) is 29.8 Å². The van der Waals surface area contributed by atoms with Gasteiger partial charge in [0.2, 0.25) is 11.8 Å². The number of benzene rings is 2. The van der Waals surface area contributed by atoms with Crippen LogP contribution in [0.4, 0.5) is 0 Å². The largest absolute Gasteiger partial charge is 0.352 e. The predicted octanol–water partition coefficient (Wildman–Crippen LogP) is 3.72. The van der Waals surface area contributed by atoms with Crippen molar-refractivity contribution in [3.05, 3.63) is 70.8 Å². The molecular weight excluding hydrogens is 362 g/mol. The van der Waals surface area contributed by atoms with Gasteiger partial charge in [-0.15, -0.1) is 0 Å². The Balaban J connectivity index is 1.91. The van der Waals surface area contributed by atoms with Crippen LogP contribution in [-0.2, 0) is 22.7 Å². The van der Waals surface area contributed by atoms with Crippen molar-refractivity contribution in [2.75, 3.05) is 13.1 Å². The number of hydrogen-bond acceptors (Lipinski definition) is 3. The third-order valence-electron chi connectivity index (χ3n) is 5.06. The molecule has 0 aliphatic rings. The van der Waals surface area contributed by atoms with E-state index >= 15 is 0 Å².